The van der Waals surface area contributed by atoms with E-state index in [1.165, 1.54) is 0 Å². The minimum Gasteiger partial charge on any atom is -0.481 e. The van der Waals surface area contributed by atoms with E-state index in [2.05, 4.69) is 9.97 Å². The van der Waals surface area contributed by atoms with Gasteiger partial charge in [0, 0.05) is 25.4 Å². The van der Waals surface area contributed by atoms with Crippen molar-refractivity contribution in [3.63, 3.8) is 0 Å². The molecule has 1 heterocycles. The first-order valence-electron chi connectivity index (χ1n) is 7.00. The first kappa shape index (κ1) is 15.8. The summed E-state index contributed by atoms with van der Waals surface area (Å²) in [5.41, 5.74) is 1.83. The molecule has 116 valence electrons. The number of hydrogen-bond donors (Lipinski definition) is 1. The van der Waals surface area contributed by atoms with Crippen LogP contribution in [0.1, 0.15) is 17.7 Å². The molecule has 1 aromatic heterocycles. The van der Waals surface area contributed by atoms with Crippen LogP contribution in [0.25, 0.3) is 0 Å². The van der Waals surface area contributed by atoms with Crippen LogP contribution in [0.15, 0.2) is 36.4 Å². The maximum Gasteiger partial charge on any atom is 0.305 e. The predicted molar refractivity (Wildman–Crippen MR) is 83.1 cm³/mol. The summed E-state index contributed by atoms with van der Waals surface area (Å²) >= 11 is 0. The first-order chi connectivity index (χ1) is 10.5. The normalized spacial score (nSPS) is 10.3. The van der Waals surface area contributed by atoms with Crippen molar-refractivity contribution in [2.75, 3.05) is 18.5 Å². The minimum absolute atomic E-state index is 0.0357. The Morgan fingerprint density at radius 2 is 2.00 bits per heavy atom. The smallest absolute Gasteiger partial charge is 0.305 e. The number of nitrogens with zero attached hydrogens (tertiary/aromatic N) is 3. The third-order valence-electron chi connectivity index (χ3n) is 3.05. The number of ether oxygens (including phenoxy) is 1. The summed E-state index contributed by atoms with van der Waals surface area (Å²) in [7, 11) is 1.76. The maximum absolute atomic E-state index is 10.6. The van der Waals surface area contributed by atoms with E-state index in [4.69, 9.17) is 9.84 Å². The van der Waals surface area contributed by atoms with Crippen LogP contribution in [0, 0.1) is 6.92 Å². The molecule has 2 aromatic rings. The van der Waals surface area contributed by atoms with Gasteiger partial charge < -0.3 is 14.7 Å². The van der Waals surface area contributed by atoms with Gasteiger partial charge >= 0.3 is 5.97 Å². The fourth-order valence-corrected chi connectivity index (χ4v) is 1.86. The monoisotopic (exact) mass is 301 g/mol. The van der Waals surface area contributed by atoms with Crippen LogP contribution >= 0.6 is 0 Å². The first-order valence-corrected chi connectivity index (χ1v) is 7.00. The molecule has 0 amide bonds. The van der Waals surface area contributed by atoms with Gasteiger partial charge in [-0.1, -0.05) is 30.3 Å². The van der Waals surface area contributed by atoms with Crippen molar-refractivity contribution in [2.45, 2.75) is 20.0 Å². The Morgan fingerprint density at radius 3 is 2.68 bits per heavy atom. The zero-order valence-corrected chi connectivity index (χ0v) is 12.7. The molecule has 0 unspecified atom stereocenters. The van der Waals surface area contributed by atoms with Gasteiger partial charge in [-0.3, -0.25) is 4.79 Å². The van der Waals surface area contributed by atoms with Crippen molar-refractivity contribution in [1.82, 2.24) is 9.97 Å². The Kier molecular flexibility index (Phi) is 5.30. The summed E-state index contributed by atoms with van der Waals surface area (Å²) in [6.07, 6.45) is 0.0357. The molecule has 0 atom stereocenters. The number of benzene rings is 1. The number of carbonyl (C=O) groups is 1. The van der Waals surface area contributed by atoms with E-state index in [1.54, 1.807) is 18.0 Å². The molecule has 0 spiro atoms. The number of carboxylic acids is 1. The zero-order chi connectivity index (χ0) is 15.9. The molecule has 2 rings (SSSR count). The second kappa shape index (κ2) is 7.40. The average Bonchev–Trinajstić information content (AvgIpc) is 2.51. The lowest BCUT2D eigenvalue weighted by atomic mass is 10.2. The number of anilines is 1. The molecule has 0 radical (unpaired) electrons. The highest BCUT2D eigenvalue weighted by molar-refractivity contribution is 5.67. The SMILES string of the molecule is Cc1cc(OCc2ccccc2)nc(N(C)CCC(=O)O)n1. The van der Waals surface area contributed by atoms with E-state index in [0.717, 1.165) is 11.3 Å². The number of carboxylic acid groups (broad SMARTS) is 1. The fraction of sp³-hybridized carbons (Fsp3) is 0.312. The van der Waals surface area contributed by atoms with E-state index in [9.17, 15) is 4.79 Å². The molecule has 22 heavy (non-hydrogen) atoms. The third-order valence-corrected chi connectivity index (χ3v) is 3.05. The van der Waals surface area contributed by atoms with Gasteiger partial charge in [-0.2, -0.15) is 4.98 Å². The second-order valence-corrected chi connectivity index (χ2v) is 4.99. The Bertz CT molecular complexity index is 632. The molecule has 0 aliphatic carbocycles. The highest BCUT2D eigenvalue weighted by atomic mass is 16.5. The largest absolute Gasteiger partial charge is 0.481 e. The zero-order valence-electron chi connectivity index (χ0n) is 12.7. The molecule has 0 saturated heterocycles. The molecule has 1 N–H and O–H groups in total. The van der Waals surface area contributed by atoms with E-state index < -0.39 is 5.97 Å². The molecule has 6 heteroatoms. The summed E-state index contributed by atoms with van der Waals surface area (Å²) in [5, 5.41) is 8.74. The van der Waals surface area contributed by atoms with Gasteiger partial charge in [0.2, 0.25) is 11.8 Å². The highest BCUT2D eigenvalue weighted by Gasteiger charge is 2.10. The number of rotatable bonds is 7. The van der Waals surface area contributed by atoms with E-state index in [1.807, 2.05) is 37.3 Å². The molecule has 0 aliphatic heterocycles. The lowest BCUT2D eigenvalue weighted by molar-refractivity contribution is -0.136. The van der Waals surface area contributed by atoms with Gasteiger partial charge in [0.25, 0.3) is 0 Å². The highest BCUT2D eigenvalue weighted by Crippen LogP contribution is 2.16. The number of aliphatic carboxylic acids is 1. The van der Waals surface area contributed by atoms with Crippen molar-refractivity contribution in [2.24, 2.45) is 0 Å². The lowest BCUT2D eigenvalue weighted by Crippen LogP contribution is -2.23. The summed E-state index contributed by atoms with van der Waals surface area (Å²) in [4.78, 5) is 21.0. The molecule has 0 fully saturated rings. The van der Waals surface area contributed by atoms with Gasteiger partial charge in [-0.25, -0.2) is 4.98 Å². The molecule has 0 saturated carbocycles. The Labute approximate surface area is 129 Å². The average molecular weight is 301 g/mol. The fourth-order valence-electron chi connectivity index (χ4n) is 1.86. The summed E-state index contributed by atoms with van der Waals surface area (Å²) in [5.74, 6) is 0.0953. The van der Waals surface area contributed by atoms with Crippen LogP contribution in [0.2, 0.25) is 0 Å². The standard InChI is InChI=1S/C16H19N3O3/c1-12-10-14(22-11-13-6-4-3-5-7-13)18-16(17-12)19(2)9-8-15(20)21/h3-7,10H,8-9,11H2,1-2H3,(H,20,21). The molecular weight excluding hydrogens is 282 g/mol. The summed E-state index contributed by atoms with van der Waals surface area (Å²) < 4.78 is 5.70. The van der Waals surface area contributed by atoms with Crippen LogP contribution in [0.4, 0.5) is 5.95 Å². The second-order valence-electron chi connectivity index (χ2n) is 4.99. The van der Waals surface area contributed by atoms with Gasteiger partial charge in [0.05, 0.1) is 6.42 Å². The van der Waals surface area contributed by atoms with Crippen molar-refractivity contribution in [3.8, 4) is 5.88 Å². The van der Waals surface area contributed by atoms with Crippen LogP contribution < -0.4 is 9.64 Å². The number of aryl methyl sites for hydroxylation is 1. The van der Waals surface area contributed by atoms with Crippen LogP contribution in [0.5, 0.6) is 5.88 Å². The molecule has 6 nitrogen and oxygen atoms in total. The number of hydrogen-bond acceptors (Lipinski definition) is 5. The van der Waals surface area contributed by atoms with Gasteiger partial charge in [0.15, 0.2) is 0 Å². The number of aromatic nitrogens is 2. The van der Waals surface area contributed by atoms with Gasteiger partial charge in [-0.15, -0.1) is 0 Å². The van der Waals surface area contributed by atoms with Gasteiger partial charge in [-0.05, 0) is 12.5 Å². The van der Waals surface area contributed by atoms with E-state index in [-0.39, 0.29) is 6.42 Å². The minimum atomic E-state index is -0.847. The Morgan fingerprint density at radius 1 is 1.27 bits per heavy atom. The summed E-state index contributed by atoms with van der Waals surface area (Å²) in [6.45, 7) is 2.62. The Balaban J connectivity index is 2.04. The predicted octanol–water partition coefficient (Wildman–Crippen LogP) is 2.27. The molecule has 0 aliphatic rings. The topological polar surface area (TPSA) is 75.5 Å². The molecular formula is C16H19N3O3. The van der Waals surface area contributed by atoms with Crippen molar-refractivity contribution in [3.05, 3.63) is 47.7 Å². The van der Waals surface area contributed by atoms with E-state index in [0.29, 0.717) is 25.0 Å². The lowest BCUT2D eigenvalue weighted by Gasteiger charge is -2.17. The molecule has 1 aromatic carbocycles. The van der Waals surface area contributed by atoms with Crippen molar-refractivity contribution in [1.29, 1.82) is 0 Å². The van der Waals surface area contributed by atoms with Crippen molar-refractivity contribution < 1.29 is 14.6 Å². The maximum atomic E-state index is 10.6. The van der Waals surface area contributed by atoms with Crippen LogP contribution in [0.3, 0.4) is 0 Å². The van der Waals surface area contributed by atoms with Gasteiger partial charge in [0.1, 0.15) is 6.61 Å². The van der Waals surface area contributed by atoms with E-state index >= 15 is 0 Å². The van der Waals surface area contributed by atoms with Crippen LogP contribution in [-0.2, 0) is 11.4 Å². The summed E-state index contributed by atoms with van der Waals surface area (Å²) in [6, 6.07) is 11.6. The van der Waals surface area contributed by atoms with Crippen LogP contribution in [-0.4, -0.2) is 34.6 Å². The quantitative estimate of drug-likeness (QED) is 0.845. The Hall–Kier alpha value is -2.63. The van der Waals surface area contributed by atoms with Crippen molar-refractivity contribution >= 4 is 11.9 Å². The third kappa shape index (κ3) is 4.73. The molecule has 0 bridgehead atoms.